The molecule has 4 aromatic heterocycles. The van der Waals surface area contributed by atoms with Crippen molar-refractivity contribution in [2.24, 2.45) is 0 Å². The Bertz CT molecular complexity index is 3480. The van der Waals surface area contributed by atoms with Gasteiger partial charge in [0, 0.05) is 38.0 Å². The van der Waals surface area contributed by atoms with Crippen molar-refractivity contribution < 1.29 is 4.42 Å². The molecule has 0 saturated carbocycles. The van der Waals surface area contributed by atoms with Crippen molar-refractivity contribution in [3.8, 4) is 27.9 Å². The quantitative estimate of drug-likeness (QED) is 0.135. The molecule has 0 spiro atoms. The molecule has 0 N–H and O–H groups in total. The second-order valence-electron chi connectivity index (χ2n) is 14.5. The van der Waals surface area contributed by atoms with Crippen molar-refractivity contribution in [3.63, 3.8) is 0 Å². The second-order valence-corrected chi connectivity index (χ2v) is 14.5. The Morgan fingerprint density at radius 2 is 0.925 bits per heavy atom. The van der Waals surface area contributed by atoms with Gasteiger partial charge in [-0.25, -0.2) is 0 Å². The predicted molar refractivity (Wildman–Crippen MR) is 222 cm³/mol. The van der Waals surface area contributed by atoms with Gasteiger partial charge in [-0.3, -0.25) is 0 Å². The number of aromatic nitrogens is 2. The van der Waals surface area contributed by atoms with Gasteiger partial charge in [-0.2, -0.15) is 0 Å². The Hall–Kier alpha value is -7.10. The summed E-state index contributed by atoms with van der Waals surface area (Å²) in [5.74, 6) is 0. The van der Waals surface area contributed by atoms with Crippen LogP contribution in [0.3, 0.4) is 0 Å². The van der Waals surface area contributed by atoms with Crippen molar-refractivity contribution in [2.75, 3.05) is 0 Å². The van der Waals surface area contributed by atoms with Gasteiger partial charge in [0.2, 0.25) is 0 Å². The van der Waals surface area contributed by atoms with Crippen LogP contribution in [0.5, 0.6) is 0 Å². The molecule has 4 heterocycles. The molecule has 0 aliphatic rings. The average molecular weight is 673 g/mol. The van der Waals surface area contributed by atoms with E-state index in [0.717, 1.165) is 27.9 Å². The zero-order valence-corrected chi connectivity index (χ0v) is 28.5. The fraction of sp³-hybridized carbons (Fsp3) is 0. The third-order valence-electron chi connectivity index (χ3n) is 11.8. The number of fused-ring (bicyclic) bond motifs is 5. The normalized spacial score (nSPS) is 12.5. The molecule has 0 aliphatic carbocycles. The van der Waals surface area contributed by atoms with Crippen LogP contribution >= 0.6 is 0 Å². The van der Waals surface area contributed by atoms with E-state index in [4.69, 9.17) is 4.42 Å². The highest BCUT2D eigenvalue weighted by molar-refractivity contribution is 6.33. The minimum Gasteiger partial charge on any atom is -0.453 e. The maximum atomic E-state index is 6.68. The number of rotatable bonds is 3. The lowest BCUT2D eigenvalue weighted by Gasteiger charge is -2.23. The lowest BCUT2D eigenvalue weighted by Crippen LogP contribution is -2.02. The summed E-state index contributed by atoms with van der Waals surface area (Å²) >= 11 is 0. The van der Waals surface area contributed by atoms with Gasteiger partial charge in [0.15, 0.2) is 11.2 Å². The number of benzene rings is 9. The number of hydrogen-bond donors (Lipinski definition) is 0. The zero-order chi connectivity index (χ0) is 34.4. The molecule has 13 aromatic rings. The smallest absolute Gasteiger partial charge is 0.152 e. The first-order chi connectivity index (χ1) is 26.3. The number of para-hydroxylation sites is 1. The van der Waals surface area contributed by atoms with E-state index in [1.165, 1.54) is 92.7 Å². The Balaban J connectivity index is 1.13. The van der Waals surface area contributed by atoms with E-state index in [-0.39, 0.29) is 0 Å². The van der Waals surface area contributed by atoms with E-state index < -0.39 is 0 Å². The van der Waals surface area contributed by atoms with Crippen LogP contribution in [0.4, 0.5) is 0 Å². The molecule has 13 rings (SSSR count). The van der Waals surface area contributed by atoms with Gasteiger partial charge in [-0.1, -0.05) is 115 Å². The van der Waals surface area contributed by atoms with Crippen LogP contribution in [0.25, 0.3) is 121 Å². The Morgan fingerprint density at radius 1 is 0.340 bits per heavy atom. The number of hydrogen-bond acceptors (Lipinski definition) is 1. The number of nitrogens with zero attached hydrogens (tertiary/aromatic N) is 2. The van der Waals surface area contributed by atoms with Crippen LogP contribution in [0, 0.1) is 0 Å². The molecule has 0 unspecified atom stereocenters. The molecule has 0 atom stereocenters. The highest BCUT2D eigenvalue weighted by atomic mass is 16.3. The molecule has 0 amide bonds. The lowest BCUT2D eigenvalue weighted by molar-refractivity contribution is 0.656. The van der Waals surface area contributed by atoms with Gasteiger partial charge in [-0.05, 0) is 98.4 Å². The SMILES string of the molecule is c1ccc(-c2cccc(-n3c4ccccc4c4cc(-c5cc6c7cccc8ccc9oc%10ccc%11cccc%12c(c5)c6n(c9c87)c%10c%11%12)ccc43)c2)cc1. The fourth-order valence-corrected chi connectivity index (χ4v) is 9.53. The Kier molecular flexibility index (Phi) is 5.11. The molecular weight excluding hydrogens is 645 g/mol. The van der Waals surface area contributed by atoms with E-state index in [9.17, 15) is 0 Å². The third-order valence-corrected chi connectivity index (χ3v) is 11.8. The summed E-state index contributed by atoms with van der Waals surface area (Å²) in [6.45, 7) is 0. The van der Waals surface area contributed by atoms with Crippen molar-refractivity contribution in [2.45, 2.75) is 0 Å². The standard InChI is InChI=1S/C50H28N2O/c1-2-9-29(10-3-1)32-13-6-14-35(25-32)51-42-18-5-4-15-36(42)39-26-33(19-22-43(39)51)34-27-40-37-16-7-11-30-20-23-44-49(46(30)37)52-48(40)41(28-34)38-17-8-12-31-21-24-45(53-44)50(52)47(31)38/h1-28H. The van der Waals surface area contributed by atoms with Crippen molar-refractivity contribution in [1.29, 1.82) is 0 Å². The van der Waals surface area contributed by atoms with Crippen LogP contribution in [-0.4, -0.2) is 8.97 Å². The maximum absolute atomic E-state index is 6.68. The summed E-state index contributed by atoms with van der Waals surface area (Å²) in [6, 6.07) is 62.3. The zero-order valence-electron chi connectivity index (χ0n) is 28.5. The minimum absolute atomic E-state index is 0.910. The first-order valence-corrected chi connectivity index (χ1v) is 18.3. The van der Waals surface area contributed by atoms with Gasteiger partial charge in [-0.15, -0.1) is 0 Å². The monoisotopic (exact) mass is 672 g/mol. The highest BCUT2D eigenvalue weighted by Crippen LogP contribution is 2.47. The van der Waals surface area contributed by atoms with Gasteiger partial charge in [0.05, 0.1) is 27.6 Å². The van der Waals surface area contributed by atoms with Gasteiger partial charge >= 0.3 is 0 Å². The van der Waals surface area contributed by atoms with E-state index in [2.05, 4.69) is 179 Å². The molecule has 53 heavy (non-hydrogen) atoms. The summed E-state index contributed by atoms with van der Waals surface area (Å²) in [6.07, 6.45) is 0. The van der Waals surface area contributed by atoms with Crippen LogP contribution in [0.15, 0.2) is 174 Å². The Morgan fingerprint density at radius 3 is 1.66 bits per heavy atom. The van der Waals surface area contributed by atoms with Gasteiger partial charge < -0.3 is 13.4 Å². The molecule has 3 nitrogen and oxygen atoms in total. The molecular formula is C50H28N2O. The van der Waals surface area contributed by atoms with Crippen molar-refractivity contribution in [3.05, 3.63) is 170 Å². The van der Waals surface area contributed by atoms with Gasteiger partial charge in [0.25, 0.3) is 0 Å². The molecule has 0 saturated heterocycles. The van der Waals surface area contributed by atoms with Gasteiger partial charge in [0.1, 0.15) is 0 Å². The van der Waals surface area contributed by atoms with E-state index in [1.807, 2.05) is 0 Å². The maximum Gasteiger partial charge on any atom is 0.152 e. The van der Waals surface area contributed by atoms with E-state index in [0.29, 0.717) is 0 Å². The first kappa shape index (κ1) is 27.6. The Labute approximate surface area is 302 Å². The fourth-order valence-electron chi connectivity index (χ4n) is 9.53. The van der Waals surface area contributed by atoms with Crippen molar-refractivity contribution >= 4 is 92.6 Å². The molecule has 0 bridgehead atoms. The minimum atomic E-state index is 0.910. The third kappa shape index (κ3) is 3.53. The van der Waals surface area contributed by atoms with Crippen molar-refractivity contribution in [1.82, 2.24) is 8.97 Å². The summed E-state index contributed by atoms with van der Waals surface area (Å²) in [4.78, 5) is 0. The highest BCUT2D eigenvalue weighted by Gasteiger charge is 2.24. The lowest BCUT2D eigenvalue weighted by atomic mass is 9.90. The average Bonchev–Trinajstić information content (AvgIpc) is 3.56. The molecule has 0 aliphatic heterocycles. The largest absolute Gasteiger partial charge is 0.453 e. The topological polar surface area (TPSA) is 22.5 Å². The van der Waals surface area contributed by atoms with E-state index in [1.54, 1.807) is 0 Å². The summed E-state index contributed by atoms with van der Waals surface area (Å²) < 4.78 is 11.6. The second kappa shape index (κ2) is 9.81. The van der Waals surface area contributed by atoms with Crippen LogP contribution < -0.4 is 0 Å². The molecule has 244 valence electrons. The van der Waals surface area contributed by atoms with E-state index >= 15 is 0 Å². The molecule has 0 fully saturated rings. The molecule has 9 aromatic carbocycles. The number of pyridine rings is 2. The predicted octanol–water partition coefficient (Wildman–Crippen LogP) is 13.8. The first-order valence-electron chi connectivity index (χ1n) is 18.3. The summed E-state index contributed by atoms with van der Waals surface area (Å²) in [5, 5.41) is 12.5. The van der Waals surface area contributed by atoms with Crippen LogP contribution in [0.2, 0.25) is 0 Å². The summed E-state index contributed by atoms with van der Waals surface area (Å²) in [5.41, 5.74) is 13.8. The molecule has 0 radical (unpaired) electrons. The summed E-state index contributed by atoms with van der Waals surface area (Å²) in [7, 11) is 0. The van der Waals surface area contributed by atoms with Crippen LogP contribution in [-0.2, 0) is 0 Å². The van der Waals surface area contributed by atoms with Crippen LogP contribution in [0.1, 0.15) is 0 Å². The molecule has 3 heteroatoms.